The molecule has 0 saturated carbocycles. The lowest BCUT2D eigenvalue weighted by Crippen LogP contribution is -2.41. The molecule has 1 fully saturated rings. The fraction of sp³-hybridized carbons (Fsp3) is 0.571. The van der Waals surface area contributed by atoms with Crippen molar-refractivity contribution in [1.82, 2.24) is 9.80 Å². The molecular formula is C14H21ClN2O. The summed E-state index contributed by atoms with van der Waals surface area (Å²) in [5, 5.41) is 9.83. The van der Waals surface area contributed by atoms with E-state index in [0.717, 1.165) is 19.6 Å². The van der Waals surface area contributed by atoms with Crippen molar-refractivity contribution in [2.24, 2.45) is 0 Å². The minimum atomic E-state index is 0.159. The van der Waals surface area contributed by atoms with Crippen LogP contribution in [0.25, 0.3) is 0 Å². The van der Waals surface area contributed by atoms with Crippen molar-refractivity contribution in [3.63, 3.8) is 0 Å². The second-order valence-electron chi connectivity index (χ2n) is 5.26. The molecule has 1 aliphatic rings. The first-order valence-electron chi connectivity index (χ1n) is 6.42. The highest BCUT2D eigenvalue weighted by Crippen LogP contribution is 2.25. The highest BCUT2D eigenvalue weighted by molar-refractivity contribution is 6.32. The van der Waals surface area contributed by atoms with Crippen LogP contribution in [0.3, 0.4) is 0 Å². The zero-order chi connectivity index (χ0) is 13.1. The van der Waals surface area contributed by atoms with Crippen LogP contribution in [0.4, 0.5) is 0 Å². The molecule has 0 bridgehead atoms. The van der Waals surface area contributed by atoms with E-state index in [9.17, 15) is 5.11 Å². The van der Waals surface area contributed by atoms with Crippen LogP contribution in [-0.2, 0) is 6.54 Å². The summed E-state index contributed by atoms with van der Waals surface area (Å²) in [5.74, 6) is 0.159. The molecule has 1 N–H and O–H groups in total. The van der Waals surface area contributed by atoms with Crippen LogP contribution in [-0.4, -0.2) is 48.1 Å². The Morgan fingerprint density at radius 1 is 1.33 bits per heavy atom. The summed E-state index contributed by atoms with van der Waals surface area (Å²) in [4.78, 5) is 4.76. The predicted molar refractivity (Wildman–Crippen MR) is 75.1 cm³/mol. The molecule has 0 aromatic heterocycles. The predicted octanol–water partition coefficient (Wildman–Crippen LogP) is 2.57. The van der Waals surface area contributed by atoms with Gasteiger partial charge in [-0.1, -0.05) is 17.7 Å². The Hall–Kier alpha value is -0.770. The van der Waals surface area contributed by atoms with Gasteiger partial charge in [0.05, 0.1) is 5.02 Å². The lowest BCUT2D eigenvalue weighted by molar-refractivity contribution is 0.140. The van der Waals surface area contributed by atoms with E-state index in [4.69, 9.17) is 11.6 Å². The van der Waals surface area contributed by atoms with Gasteiger partial charge in [0.25, 0.3) is 0 Å². The fourth-order valence-electron chi connectivity index (χ4n) is 2.50. The number of phenols is 1. The van der Waals surface area contributed by atoms with E-state index in [0.29, 0.717) is 11.1 Å². The quantitative estimate of drug-likeness (QED) is 0.913. The van der Waals surface area contributed by atoms with Gasteiger partial charge < -0.3 is 10.0 Å². The Morgan fingerprint density at radius 2 is 2.00 bits per heavy atom. The van der Waals surface area contributed by atoms with Crippen LogP contribution in [0.1, 0.15) is 18.4 Å². The summed E-state index contributed by atoms with van der Waals surface area (Å²) in [7, 11) is 4.31. The normalized spacial score (nSPS) is 18.4. The number of halogens is 1. The van der Waals surface area contributed by atoms with E-state index in [1.165, 1.54) is 18.4 Å². The van der Waals surface area contributed by atoms with Gasteiger partial charge in [-0.3, -0.25) is 4.90 Å². The molecule has 1 heterocycles. The average Bonchev–Trinajstić information content (AvgIpc) is 2.34. The first kappa shape index (κ1) is 13.7. The third kappa shape index (κ3) is 3.37. The average molecular weight is 269 g/mol. The lowest BCUT2D eigenvalue weighted by Gasteiger charge is -2.35. The van der Waals surface area contributed by atoms with Gasteiger partial charge in [0, 0.05) is 12.6 Å². The number of hydrogen-bond donors (Lipinski definition) is 1. The Balaban J connectivity index is 1.89. The summed E-state index contributed by atoms with van der Waals surface area (Å²) in [5.41, 5.74) is 1.17. The minimum absolute atomic E-state index is 0.159. The lowest BCUT2D eigenvalue weighted by atomic mass is 10.0. The van der Waals surface area contributed by atoms with Crippen LogP contribution in [0, 0.1) is 0 Å². The Labute approximate surface area is 114 Å². The van der Waals surface area contributed by atoms with Crippen molar-refractivity contribution in [3.8, 4) is 5.75 Å². The first-order valence-corrected chi connectivity index (χ1v) is 6.80. The van der Waals surface area contributed by atoms with Crippen molar-refractivity contribution < 1.29 is 5.11 Å². The standard InChI is InChI=1S/C14H21ClN2O/c1-16(2)12-5-7-17(8-6-12)10-11-3-4-14(18)13(15)9-11/h3-4,9,12,18H,5-8,10H2,1-2H3. The maximum absolute atomic E-state index is 9.39. The van der Waals surface area contributed by atoms with Gasteiger partial charge in [0.1, 0.15) is 5.75 Å². The smallest absolute Gasteiger partial charge is 0.134 e. The Kier molecular flexibility index (Phi) is 4.49. The third-order valence-electron chi connectivity index (χ3n) is 3.71. The van der Waals surface area contributed by atoms with Gasteiger partial charge >= 0.3 is 0 Å². The van der Waals surface area contributed by atoms with Crippen LogP contribution in [0.2, 0.25) is 5.02 Å². The number of likely N-dealkylation sites (tertiary alicyclic amines) is 1. The number of benzene rings is 1. The summed E-state index contributed by atoms with van der Waals surface area (Å²) >= 11 is 5.92. The van der Waals surface area contributed by atoms with Gasteiger partial charge in [-0.15, -0.1) is 0 Å². The van der Waals surface area contributed by atoms with Gasteiger partial charge in [-0.25, -0.2) is 0 Å². The highest BCUT2D eigenvalue weighted by Gasteiger charge is 2.20. The third-order valence-corrected chi connectivity index (χ3v) is 4.01. The van der Waals surface area contributed by atoms with Crippen LogP contribution in [0.15, 0.2) is 18.2 Å². The van der Waals surface area contributed by atoms with Crippen molar-refractivity contribution in [3.05, 3.63) is 28.8 Å². The number of piperidine rings is 1. The number of rotatable bonds is 3. The van der Waals surface area contributed by atoms with Crippen LogP contribution >= 0.6 is 11.6 Å². The van der Waals surface area contributed by atoms with Crippen molar-refractivity contribution in [1.29, 1.82) is 0 Å². The molecule has 0 atom stereocenters. The Morgan fingerprint density at radius 3 is 2.56 bits per heavy atom. The molecular weight excluding hydrogens is 248 g/mol. The van der Waals surface area contributed by atoms with Gasteiger partial charge in [0.2, 0.25) is 0 Å². The number of nitrogens with zero attached hydrogens (tertiary/aromatic N) is 2. The summed E-state index contributed by atoms with van der Waals surface area (Å²) in [6.07, 6.45) is 2.44. The van der Waals surface area contributed by atoms with Crippen molar-refractivity contribution >= 4 is 11.6 Å². The molecule has 1 saturated heterocycles. The van der Waals surface area contributed by atoms with Crippen molar-refractivity contribution in [2.75, 3.05) is 27.2 Å². The van der Waals surface area contributed by atoms with E-state index < -0.39 is 0 Å². The van der Waals surface area contributed by atoms with Crippen LogP contribution < -0.4 is 0 Å². The highest BCUT2D eigenvalue weighted by atomic mass is 35.5. The molecule has 0 aliphatic carbocycles. The molecule has 100 valence electrons. The topological polar surface area (TPSA) is 26.7 Å². The molecule has 4 heteroatoms. The Bertz CT molecular complexity index is 401. The van der Waals surface area contributed by atoms with Crippen LogP contribution in [0.5, 0.6) is 5.75 Å². The second-order valence-corrected chi connectivity index (χ2v) is 5.66. The molecule has 3 nitrogen and oxygen atoms in total. The zero-order valence-corrected chi connectivity index (χ0v) is 11.8. The van der Waals surface area contributed by atoms with Crippen molar-refractivity contribution in [2.45, 2.75) is 25.4 Å². The molecule has 0 spiro atoms. The number of phenolic OH excluding ortho intramolecular Hbond substituents is 1. The second kappa shape index (κ2) is 5.91. The number of aromatic hydroxyl groups is 1. The molecule has 1 aromatic rings. The molecule has 0 amide bonds. The minimum Gasteiger partial charge on any atom is -0.506 e. The molecule has 1 aromatic carbocycles. The molecule has 18 heavy (non-hydrogen) atoms. The largest absolute Gasteiger partial charge is 0.506 e. The van der Waals surface area contributed by atoms with E-state index in [2.05, 4.69) is 23.9 Å². The first-order chi connectivity index (χ1) is 8.56. The molecule has 2 rings (SSSR count). The van der Waals surface area contributed by atoms with E-state index in [-0.39, 0.29) is 5.75 Å². The number of hydrogen-bond acceptors (Lipinski definition) is 3. The fourth-order valence-corrected chi connectivity index (χ4v) is 2.70. The van der Waals surface area contributed by atoms with E-state index >= 15 is 0 Å². The monoisotopic (exact) mass is 268 g/mol. The van der Waals surface area contributed by atoms with Gasteiger partial charge in [0.15, 0.2) is 0 Å². The maximum atomic E-state index is 9.39. The summed E-state index contributed by atoms with van der Waals surface area (Å²) in [6.45, 7) is 3.17. The van der Waals surface area contributed by atoms with Gasteiger partial charge in [-0.2, -0.15) is 0 Å². The van der Waals surface area contributed by atoms with E-state index in [1.807, 2.05) is 12.1 Å². The summed E-state index contributed by atoms with van der Waals surface area (Å²) in [6, 6.07) is 6.18. The zero-order valence-electron chi connectivity index (χ0n) is 11.1. The molecule has 1 aliphatic heterocycles. The molecule has 0 unspecified atom stereocenters. The van der Waals surface area contributed by atoms with E-state index in [1.54, 1.807) is 6.07 Å². The van der Waals surface area contributed by atoms with Gasteiger partial charge in [-0.05, 0) is 57.7 Å². The summed E-state index contributed by atoms with van der Waals surface area (Å²) < 4.78 is 0. The molecule has 0 radical (unpaired) electrons. The maximum Gasteiger partial charge on any atom is 0.134 e. The SMILES string of the molecule is CN(C)C1CCN(Cc2ccc(O)c(Cl)c2)CC1.